The Morgan fingerprint density at radius 2 is 0.980 bits per heavy atom. The highest BCUT2D eigenvalue weighted by molar-refractivity contribution is 5.93. The zero-order valence-electron chi connectivity index (χ0n) is 30.2. The lowest BCUT2D eigenvalue weighted by molar-refractivity contribution is -0.153. The second-order valence-electron chi connectivity index (χ2n) is 13.1. The van der Waals surface area contributed by atoms with E-state index >= 15 is 0 Å². The summed E-state index contributed by atoms with van der Waals surface area (Å²) in [7, 11) is 0. The van der Waals surface area contributed by atoms with Gasteiger partial charge in [-0.25, -0.2) is 14.4 Å². The average molecular weight is 671 g/mol. The minimum absolute atomic E-state index is 0.245. The van der Waals surface area contributed by atoms with Crippen molar-refractivity contribution in [2.75, 3.05) is 6.61 Å². The maximum Gasteiger partial charge on any atom is 0.347 e. The minimum atomic E-state index is -1.01. The molecule has 0 aliphatic rings. The van der Waals surface area contributed by atoms with E-state index in [1.807, 2.05) is 12.1 Å². The van der Waals surface area contributed by atoms with Crippen molar-refractivity contribution >= 4 is 17.9 Å². The third-order valence-corrected chi connectivity index (χ3v) is 8.89. The number of carbonyl (C=O) groups excluding carboxylic acids is 3. The molecule has 0 aliphatic heterocycles. The molecule has 0 saturated heterocycles. The molecule has 3 aromatic rings. The fourth-order valence-electron chi connectivity index (χ4n) is 5.75. The molecule has 0 fully saturated rings. The second-order valence-corrected chi connectivity index (χ2v) is 13.1. The third kappa shape index (κ3) is 15.4. The molecule has 266 valence electrons. The largest absolute Gasteiger partial charge is 0.463 e. The molecule has 0 bridgehead atoms. The van der Waals surface area contributed by atoms with E-state index in [-0.39, 0.29) is 5.56 Å². The normalized spacial score (nSPS) is 11.6. The number of ether oxygens (including phenoxy) is 3. The van der Waals surface area contributed by atoms with Gasteiger partial charge in [0.1, 0.15) is 5.75 Å². The van der Waals surface area contributed by atoms with E-state index in [2.05, 4.69) is 38.1 Å². The topological polar surface area (TPSA) is 78.9 Å². The predicted octanol–water partition coefficient (Wildman–Crippen LogP) is 11.5. The molecule has 0 amide bonds. The molecule has 0 spiro atoms. The summed E-state index contributed by atoms with van der Waals surface area (Å²) in [6.45, 7) is 6.26. The van der Waals surface area contributed by atoms with Gasteiger partial charge in [0.05, 0.1) is 17.7 Å². The Morgan fingerprint density at radius 1 is 0.531 bits per heavy atom. The quantitative estimate of drug-likeness (QED) is 0.0536. The summed E-state index contributed by atoms with van der Waals surface area (Å²) in [6, 6.07) is 22.1. The van der Waals surface area contributed by atoms with Gasteiger partial charge in [-0.05, 0) is 79.3 Å². The average Bonchev–Trinajstić information content (AvgIpc) is 3.12. The first-order valence-corrected chi connectivity index (χ1v) is 18.8. The van der Waals surface area contributed by atoms with Crippen LogP contribution in [0.2, 0.25) is 0 Å². The van der Waals surface area contributed by atoms with Crippen LogP contribution in [0.15, 0.2) is 72.8 Å². The molecule has 0 heterocycles. The second kappa shape index (κ2) is 23.4. The highest BCUT2D eigenvalue weighted by Crippen LogP contribution is 2.23. The molecule has 0 saturated carbocycles. The fourth-order valence-corrected chi connectivity index (χ4v) is 5.75. The summed E-state index contributed by atoms with van der Waals surface area (Å²) >= 11 is 0. The van der Waals surface area contributed by atoms with Gasteiger partial charge in [-0.3, -0.25) is 0 Å². The van der Waals surface area contributed by atoms with Crippen molar-refractivity contribution < 1.29 is 28.6 Å². The van der Waals surface area contributed by atoms with Crippen LogP contribution >= 0.6 is 0 Å². The van der Waals surface area contributed by atoms with Gasteiger partial charge >= 0.3 is 17.9 Å². The van der Waals surface area contributed by atoms with E-state index in [1.54, 1.807) is 12.1 Å². The molecule has 0 radical (unpaired) electrons. The molecule has 6 heteroatoms. The van der Waals surface area contributed by atoms with Crippen molar-refractivity contribution in [2.45, 2.75) is 136 Å². The van der Waals surface area contributed by atoms with Gasteiger partial charge in [0, 0.05) is 0 Å². The Labute approximate surface area is 294 Å². The summed E-state index contributed by atoms with van der Waals surface area (Å²) in [5.74, 6) is -1.40. The van der Waals surface area contributed by atoms with Crippen molar-refractivity contribution in [3.8, 4) is 16.9 Å². The van der Waals surface area contributed by atoms with Gasteiger partial charge < -0.3 is 14.2 Å². The van der Waals surface area contributed by atoms with Crippen LogP contribution in [-0.2, 0) is 20.7 Å². The molecule has 0 unspecified atom stereocenters. The van der Waals surface area contributed by atoms with Gasteiger partial charge in [0.15, 0.2) is 6.10 Å². The number of hydrogen-bond donors (Lipinski definition) is 0. The molecule has 3 aromatic carbocycles. The van der Waals surface area contributed by atoms with Gasteiger partial charge in [-0.1, -0.05) is 140 Å². The lowest BCUT2D eigenvalue weighted by Gasteiger charge is -2.13. The van der Waals surface area contributed by atoms with Gasteiger partial charge in [-0.2, -0.15) is 0 Å². The maximum absolute atomic E-state index is 12.8. The maximum atomic E-state index is 12.8. The molecule has 0 N–H and O–H groups in total. The molecule has 3 rings (SSSR count). The van der Waals surface area contributed by atoms with E-state index in [0.717, 1.165) is 36.8 Å². The van der Waals surface area contributed by atoms with Crippen LogP contribution in [-0.4, -0.2) is 30.6 Å². The predicted molar refractivity (Wildman–Crippen MR) is 198 cm³/mol. The molecule has 1 atom stereocenters. The standard InChI is InChI=1S/C43H58O6/c1-4-6-8-10-12-13-14-15-16-18-20-35-21-23-36(24-22-35)37-25-27-38(28-26-37)43(46)49-40-31-29-39(30-32-40)42(45)48-34(3)41(44)47-33-19-17-11-9-7-5-2/h21-32,34H,4-20,33H2,1-3H3/t34-/m0/s1. The summed E-state index contributed by atoms with van der Waals surface area (Å²) < 4.78 is 16.1. The van der Waals surface area contributed by atoms with E-state index in [9.17, 15) is 14.4 Å². The minimum Gasteiger partial charge on any atom is -0.463 e. The van der Waals surface area contributed by atoms with Crippen molar-refractivity contribution in [1.29, 1.82) is 0 Å². The first-order chi connectivity index (χ1) is 23.9. The highest BCUT2D eigenvalue weighted by atomic mass is 16.6. The Balaban J connectivity index is 1.36. The molecule has 0 aromatic heterocycles. The first-order valence-electron chi connectivity index (χ1n) is 18.8. The van der Waals surface area contributed by atoms with E-state index < -0.39 is 24.0 Å². The smallest absolute Gasteiger partial charge is 0.347 e. The Bertz CT molecular complexity index is 1360. The van der Waals surface area contributed by atoms with Crippen LogP contribution in [0.1, 0.15) is 150 Å². The lowest BCUT2D eigenvalue weighted by atomic mass is 10.00. The van der Waals surface area contributed by atoms with Crippen molar-refractivity contribution in [2.24, 2.45) is 0 Å². The van der Waals surface area contributed by atoms with Crippen LogP contribution in [0, 0.1) is 0 Å². The van der Waals surface area contributed by atoms with Gasteiger partial charge in [0.2, 0.25) is 0 Å². The Kier molecular flexibility index (Phi) is 18.9. The van der Waals surface area contributed by atoms with Crippen molar-refractivity contribution in [1.82, 2.24) is 0 Å². The highest BCUT2D eigenvalue weighted by Gasteiger charge is 2.20. The molecule has 6 nitrogen and oxygen atoms in total. The van der Waals surface area contributed by atoms with E-state index in [4.69, 9.17) is 14.2 Å². The Morgan fingerprint density at radius 3 is 1.53 bits per heavy atom. The summed E-state index contributed by atoms with van der Waals surface area (Å²) in [5.41, 5.74) is 4.17. The molecule has 49 heavy (non-hydrogen) atoms. The zero-order valence-corrected chi connectivity index (χ0v) is 30.2. The Hall–Kier alpha value is -3.93. The van der Waals surface area contributed by atoms with Crippen LogP contribution in [0.5, 0.6) is 5.75 Å². The number of benzene rings is 3. The number of carbonyl (C=O) groups is 3. The third-order valence-electron chi connectivity index (χ3n) is 8.89. The number of aryl methyl sites for hydroxylation is 1. The zero-order chi connectivity index (χ0) is 35.1. The molecular formula is C43H58O6. The van der Waals surface area contributed by atoms with Crippen LogP contribution in [0.25, 0.3) is 11.1 Å². The number of unbranched alkanes of at least 4 members (excludes halogenated alkanes) is 14. The monoisotopic (exact) mass is 670 g/mol. The first kappa shape index (κ1) is 39.5. The van der Waals surface area contributed by atoms with E-state index in [1.165, 1.54) is 120 Å². The number of esters is 3. The SMILES string of the molecule is CCCCCCCCCCCCc1ccc(-c2ccc(C(=O)Oc3ccc(C(=O)O[C@@H](C)C(=O)OCCCCCCCC)cc3)cc2)cc1. The van der Waals surface area contributed by atoms with Crippen LogP contribution < -0.4 is 4.74 Å². The van der Waals surface area contributed by atoms with Crippen LogP contribution in [0.4, 0.5) is 0 Å². The summed E-state index contributed by atoms with van der Waals surface area (Å²) in [4.78, 5) is 37.5. The van der Waals surface area contributed by atoms with Crippen molar-refractivity contribution in [3.63, 3.8) is 0 Å². The number of hydrogen-bond acceptors (Lipinski definition) is 6. The number of rotatable bonds is 24. The molecule has 0 aliphatic carbocycles. The van der Waals surface area contributed by atoms with Crippen molar-refractivity contribution in [3.05, 3.63) is 89.5 Å². The van der Waals surface area contributed by atoms with Gasteiger partial charge in [-0.15, -0.1) is 0 Å². The lowest BCUT2D eigenvalue weighted by Crippen LogP contribution is -2.26. The van der Waals surface area contributed by atoms with E-state index in [0.29, 0.717) is 17.9 Å². The summed E-state index contributed by atoms with van der Waals surface area (Å²) in [6.07, 6.45) is 20.1. The molecular weight excluding hydrogens is 612 g/mol. The summed E-state index contributed by atoms with van der Waals surface area (Å²) in [5, 5.41) is 0. The van der Waals surface area contributed by atoms with Gasteiger partial charge in [0.25, 0.3) is 0 Å². The fraction of sp³-hybridized carbons (Fsp3) is 0.512. The van der Waals surface area contributed by atoms with Crippen LogP contribution in [0.3, 0.4) is 0 Å².